The number of carboxylic acid groups (broad SMARTS) is 1. The number of carboxylic acids is 1. The van der Waals surface area contributed by atoms with Gasteiger partial charge in [-0.1, -0.05) is 12.1 Å². The number of nitrogens with one attached hydrogen (secondary N) is 1. The summed E-state index contributed by atoms with van der Waals surface area (Å²) in [5.74, 6) is -0.230. The summed E-state index contributed by atoms with van der Waals surface area (Å²) in [4.78, 5) is 32.2. The molecule has 1 aromatic carbocycles. The number of benzene rings is 1. The van der Waals surface area contributed by atoms with E-state index in [2.05, 4.69) is 27.1 Å². The molecule has 0 spiro atoms. The quantitative estimate of drug-likeness (QED) is 0.812. The molecule has 142 valence electrons. The average Bonchev–Trinajstić information content (AvgIpc) is 2.67. The van der Waals surface area contributed by atoms with Gasteiger partial charge in [0.2, 0.25) is 0 Å². The number of amides is 1. The lowest BCUT2D eigenvalue weighted by Gasteiger charge is -2.33. The zero-order valence-electron chi connectivity index (χ0n) is 15.4. The first kappa shape index (κ1) is 18.8. The smallest absolute Gasteiger partial charge is 0.303 e. The van der Waals surface area contributed by atoms with Gasteiger partial charge < -0.3 is 20.2 Å². The Morgan fingerprint density at radius 3 is 2.67 bits per heavy atom. The molecule has 1 aromatic heterocycles. The maximum atomic E-state index is 12.6. The van der Waals surface area contributed by atoms with Crippen LogP contribution in [0.15, 0.2) is 42.6 Å². The monoisotopic (exact) mass is 368 g/mol. The summed E-state index contributed by atoms with van der Waals surface area (Å²) in [6, 6.07) is 10.8. The van der Waals surface area contributed by atoms with Gasteiger partial charge in [0, 0.05) is 50.0 Å². The van der Waals surface area contributed by atoms with Crippen LogP contribution < -0.4 is 10.2 Å². The van der Waals surface area contributed by atoms with Crippen LogP contribution in [-0.2, 0) is 11.2 Å². The molecule has 0 aliphatic carbocycles. The fourth-order valence-corrected chi connectivity index (χ4v) is 3.03. The molecule has 1 aliphatic heterocycles. The van der Waals surface area contributed by atoms with Gasteiger partial charge in [0.1, 0.15) is 5.82 Å². The predicted molar refractivity (Wildman–Crippen MR) is 104 cm³/mol. The Morgan fingerprint density at radius 1 is 1.15 bits per heavy atom. The fourth-order valence-electron chi connectivity index (χ4n) is 3.03. The summed E-state index contributed by atoms with van der Waals surface area (Å²) in [5, 5.41) is 11.7. The van der Waals surface area contributed by atoms with Crippen molar-refractivity contribution >= 4 is 23.4 Å². The van der Waals surface area contributed by atoms with Crippen LogP contribution in [0.25, 0.3) is 0 Å². The minimum atomic E-state index is -0.835. The van der Waals surface area contributed by atoms with Crippen LogP contribution in [0.3, 0.4) is 0 Å². The molecule has 7 heteroatoms. The Hall–Kier alpha value is -2.93. The first-order valence-corrected chi connectivity index (χ1v) is 9.03. The van der Waals surface area contributed by atoms with Gasteiger partial charge in [-0.05, 0) is 43.3 Å². The zero-order valence-corrected chi connectivity index (χ0v) is 15.4. The molecule has 2 heterocycles. The third-order valence-electron chi connectivity index (χ3n) is 4.65. The van der Waals surface area contributed by atoms with Gasteiger partial charge in [-0.25, -0.2) is 4.98 Å². The van der Waals surface area contributed by atoms with E-state index in [1.54, 1.807) is 18.3 Å². The molecular weight excluding hydrogens is 344 g/mol. The van der Waals surface area contributed by atoms with Crippen LogP contribution >= 0.6 is 0 Å². The summed E-state index contributed by atoms with van der Waals surface area (Å²) < 4.78 is 0. The molecule has 2 aromatic rings. The number of carbonyl (C=O) groups is 2. The third-order valence-corrected chi connectivity index (χ3v) is 4.65. The Morgan fingerprint density at radius 2 is 1.93 bits per heavy atom. The maximum Gasteiger partial charge on any atom is 0.303 e. The molecule has 2 N–H and O–H groups in total. The second-order valence-corrected chi connectivity index (χ2v) is 6.74. The summed E-state index contributed by atoms with van der Waals surface area (Å²) >= 11 is 0. The molecule has 27 heavy (non-hydrogen) atoms. The minimum Gasteiger partial charge on any atom is -0.481 e. The van der Waals surface area contributed by atoms with Gasteiger partial charge in [-0.3, -0.25) is 9.59 Å². The Balaban J connectivity index is 1.67. The van der Waals surface area contributed by atoms with E-state index in [4.69, 9.17) is 5.11 Å². The second-order valence-electron chi connectivity index (χ2n) is 6.74. The summed E-state index contributed by atoms with van der Waals surface area (Å²) in [6.45, 7) is 3.73. The van der Waals surface area contributed by atoms with Gasteiger partial charge in [0.15, 0.2) is 0 Å². The zero-order chi connectivity index (χ0) is 19.2. The molecule has 0 bridgehead atoms. The molecule has 1 saturated heterocycles. The highest BCUT2D eigenvalue weighted by atomic mass is 16.4. The van der Waals surface area contributed by atoms with E-state index in [0.29, 0.717) is 17.7 Å². The van der Waals surface area contributed by atoms with E-state index in [1.165, 1.54) is 0 Å². The SMILES string of the molecule is CN1CCN(c2cc(C(=O)Nc3cccc(CCC(=O)O)c3)ccn2)CC1. The van der Waals surface area contributed by atoms with Gasteiger partial charge in [0.25, 0.3) is 5.91 Å². The van der Waals surface area contributed by atoms with Crippen molar-refractivity contribution in [1.29, 1.82) is 0 Å². The number of hydrogen-bond donors (Lipinski definition) is 2. The molecule has 1 aliphatic rings. The third kappa shape index (κ3) is 5.27. The van der Waals surface area contributed by atoms with Gasteiger partial charge in [-0.15, -0.1) is 0 Å². The molecule has 7 nitrogen and oxygen atoms in total. The maximum absolute atomic E-state index is 12.6. The van der Waals surface area contributed by atoms with E-state index >= 15 is 0 Å². The van der Waals surface area contributed by atoms with E-state index in [1.807, 2.05) is 24.3 Å². The second kappa shape index (κ2) is 8.64. The van der Waals surface area contributed by atoms with Gasteiger partial charge in [0.05, 0.1) is 0 Å². The fraction of sp³-hybridized carbons (Fsp3) is 0.350. The van der Waals surface area contributed by atoms with E-state index in [0.717, 1.165) is 37.6 Å². The lowest BCUT2D eigenvalue weighted by Crippen LogP contribution is -2.44. The molecule has 3 rings (SSSR count). The van der Waals surface area contributed by atoms with Crippen LogP contribution in [0, 0.1) is 0 Å². The molecule has 0 atom stereocenters. The highest BCUT2D eigenvalue weighted by Crippen LogP contribution is 2.17. The van der Waals surface area contributed by atoms with Crippen LogP contribution in [0.1, 0.15) is 22.3 Å². The summed E-state index contributed by atoms with van der Waals surface area (Å²) in [6.07, 6.45) is 2.16. The van der Waals surface area contributed by atoms with Crippen molar-refractivity contribution in [3.63, 3.8) is 0 Å². The largest absolute Gasteiger partial charge is 0.481 e. The molecule has 1 fully saturated rings. The molecule has 0 radical (unpaired) electrons. The summed E-state index contributed by atoms with van der Waals surface area (Å²) in [7, 11) is 2.10. The topological polar surface area (TPSA) is 85.8 Å². The van der Waals surface area contributed by atoms with Crippen molar-refractivity contribution in [3.05, 3.63) is 53.7 Å². The number of aliphatic carboxylic acids is 1. The normalized spacial score (nSPS) is 14.8. The van der Waals surface area contributed by atoms with Crippen molar-refractivity contribution in [2.45, 2.75) is 12.8 Å². The number of anilines is 2. The van der Waals surface area contributed by atoms with Gasteiger partial charge >= 0.3 is 5.97 Å². The van der Waals surface area contributed by atoms with E-state index < -0.39 is 5.97 Å². The van der Waals surface area contributed by atoms with Crippen molar-refractivity contribution in [3.8, 4) is 0 Å². The van der Waals surface area contributed by atoms with E-state index in [-0.39, 0.29) is 12.3 Å². The number of aromatic nitrogens is 1. The highest BCUT2D eigenvalue weighted by molar-refractivity contribution is 6.04. The van der Waals surface area contributed by atoms with Crippen molar-refractivity contribution in [1.82, 2.24) is 9.88 Å². The van der Waals surface area contributed by atoms with Gasteiger partial charge in [-0.2, -0.15) is 0 Å². The minimum absolute atomic E-state index is 0.0656. The van der Waals surface area contributed by atoms with Crippen LogP contribution in [0.2, 0.25) is 0 Å². The first-order chi connectivity index (χ1) is 13.0. The predicted octanol–water partition coefficient (Wildman–Crippen LogP) is 2.10. The number of likely N-dealkylation sites (N-methyl/N-ethyl adjacent to an activating group) is 1. The number of aryl methyl sites for hydroxylation is 1. The number of rotatable bonds is 6. The lowest BCUT2D eigenvalue weighted by molar-refractivity contribution is -0.136. The van der Waals surface area contributed by atoms with Crippen molar-refractivity contribution in [2.75, 3.05) is 43.4 Å². The molecular formula is C20H24N4O3. The highest BCUT2D eigenvalue weighted by Gasteiger charge is 2.17. The summed E-state index contributed by atoms with van der Waals surface area (Å²) in [5.41, 5.74) is 2.08. The molecule has 1 amide bonds. The van der Waals surface area contributed by atoms with Crippen molar-refractivity contribution in [2.24, 2.45) is 0 Å². The molecule has 0 unspecified atom stereocenters. The van der Waals surface area contributed by atoms with Crippen LogP contribution in [-0.4, -0.2) is 60.1 Å². The number of piperazine rings is 1. The Kier molecular flexibility index (Phi) is 6.03. The van der Waals surface area contributed by atoms with E-state index in [9.17, 15) is 9.59 Å². The Bertz CT molecular complexity index is 816. The number of nitrogens with zero attached hydrogens (tertiary/aromatic N) is 3. The first-order valence-electron chi connectivity index (χ1n) is 9.03. The molecule has 0 saturated carbocycles. The number of pyridine rings is 1. The number of carbonyl (C=O) groups excluding carboxylic acids is 1. The number of hydrogen-bond acceptors (Lipinski definition) is 5. The standard InChI is InChI=1S/C20H24N4O3/c1-23-9-11-24(12-10-23)18-14-16(7-8-21-18)20(27)22-17-4-2-3-15(13-17)5-6-19(25)26/h2-4,7-8,13-14H,5-6,9-12H2,1H3,(H,22,27)(H,25,26). The van der Waals surface area contributed by atoms with Crippen LogP contribution in [0.5, 0.6) is 0 Å². The van der Waals surface area contributed by atoms with Crippen molar-refractivity contribution < 1.29 is 14.7 Å². The van der Waals surface area contributed by atoms with Crippen LogP contribution in [0.4, 0.5) is 11.5 Å². The lowest BCUT2D eigenvalue weighted by atomic mass is 10.1. The average molecular weight is 368 g/mol. The Labute approximate surface area is 158 Å².